The molecule has 0 aliphatic carbocycles. The fourth-order valence-electron chi connectivity index (χ4n) is 3.29. The van der Waals surface area contributed by atoms with Crippen LogP contribution < -0.4 is 11.3 Å². The van der Waals surface area contributed by atoms with Gasteiger partial charge in [-0.1, -0.05) is 0 Å². The topological polar surface area (TPSA) is 164 Å². The number of nitrogens with one attached hydrogen (secondary N) is 1. The van der Waals surface area contributed by atoms with Crippen LogP contribution >= 0.6 is 7.82 Å². The fraction of sp³-hybridized carbons (Fsp3) is 0.722. The zero-order valence-electron chi connectivity index (χ0n) is 18.5. The monoisotopic (exact) mass is 459 g/mol. The molecule has 12 nitrogen and oxygen atoms in total. The average molecular weight is 459 g/mol. The molecule has 174 valence electrons. The number of phosphoric ester groups is 1. The van der Waals surface area contributed by atoms with Gasteiger partial charge in [-0.3, -0.25) is 23.4 Å². The minimum absolute atomic E-state index is 0.0415. The molecule has 31 heavy (non-hydrogen) atoms. The van der Waals surface area contributed by atoms with Gasteiger partial charge in [0.1, 0.15) is 12.3 Å². The number of hydrogen-bond acceptors (Lipinski definition) is 9. The zero-order chi connectivity index (χ0) is 23.2. The molecule has 0 bridgehead atoms. The molecule has 3 rings (SSSR count). The standard InChI is InChI=1S/C18H30N5O7P/c1-17(2,3)29-10-7-12(23-9-20-13-14(23)21-16(19)22-15(13)24)28-11(10)8-27-31(25,26)30-18(4,5)6/h9-12H,7-8H2,1-6H3,(H,25,26)(H3,19,21,22,24)/t10-,11?,12+/m0/s1. The Labute approximate surface area is 179 Å². The third kappa shape index (κ3) is 6.12. The molecule has 0 aromatic carbocycles. The molecule has 0 spiro atoms. The molecule has 13 heteroatoms. The number of nitrogens with two attached hydrogens (primary N) is 1. The van der Waals surface area contributed by atoms with Crippen molar-refractivity contribution < 1.29 is 28.0 Å². The number of fused-ring (bicyclic) bond motifs is 1. The van der Waals surface area contributed by atoms with Gasteiger partial charge in [0, 0.05) is 6.42 Å². The highest BCUT2D eigenvalue weighted by Crippen LogP contribution is 2.48. The van der Waals surface area contributed by atoms with Gasteiger partial charge in [0.25, 0.3) is 5.56 Å². The minimum atomic E-state index is -4.31. The number of imidazole rings is 1. The summed E-state index contributed by atoms with van der Waals surface area (Å²) in [6.07, 6.45) is 0.0810. The van der Waals surface area contributed by atoms with Crippen LogP contribution in [0.5, 0.6) is 0 Å². The van der Waals surface area contributed by atoms with E-state index in [0.717, 1.165) is 0 Å². The number of anilines is 1. The van der Waals surface area contributed by atoms with E-state index in [-0.39, 0.29) is 23.7 Å². The Balaban J connectivity index is 1.83. The van der Waals surface area contributed by atoms with Crippen molar-refractivity contribution in [3.63, 3.8) is 0 Å². The van der Waals surface area contributed by atoms with Gasteiger partial charge in [-0.2, -0.15) is 4.98 Å². The Morgan fingerprint density at radius 2 is 2.00 bits per heavy atom. The lowest BCUT2D eigenvalue weighted by Crippen LogP contribution is -2.35. The van der Waals surface area contributed by atoms with E-state index in [1.165, 1.54) is 6.33 Å². The number of aromatic amines is 1. The number of rotatable bonds is 6. The van der Waals surface area contributed by atoms with E-state index in [0.29, 0.717) is 6.42 Å². The normalized spacial score (nSPS) is 24.5. The number of aromatic nitrogens is 4. The summed E-state index contributed by atoms with van der Waals surface area (Å²) >= 11 is 0. The van der Waals surface area contributed by atoms with Gasteiger partial charge < -0.3 is 20.1 Å². The van der Waals surface area contributed by atoms with Crippen molar-refractivity contribution in [3.05, 3.63) is 16.7 Å². The summed E-state index contributed by atoms with van der Waals surface area (Å²) in [6.45, 7) is 10.4. The first-order chi connectivity index (χ1) is 14.1. The summed E-state index contributed by atoms with van der Waals surface area (Å²) in [5.41, 5.74) is 4.25. The van der Waals surface area contributed by atoms with Crippen LogP contribution in [0.1, 0.15) is 54.2 Å². The van der Waals surface area contributed by atoms with Crippen molar-refractivity contribution in [1.82, 2.24) is 19.5 Å². The minimum Gasteiger partial charge on any atom is -0.370 e. The summed E-state index contributed by atoms with van der Waals surface area (Å²) in [5, 5.41) is 0. The number of nitrogen functional groups attached to an aromatic ring is 1. The maximum absolute atomic E-state index is 12.3. The molecule has 3 heterocycles. The molecule has 2 unspecified atom stereocenters. The van der Waals surface area contributed by atoms with Crippen LogP contribution in [0.3, 0.4) is 0 Å². The quantitative estimate of drug-likeness (QED) is 0.545. The number of H-pyrrole nitrogens is 1. The Bertz CT molecular complexity index is 1040. The Morgan fingerprint density at radius 1 is 1.32 bits per heavy atom. The second-order valence-electron chi connectivity index (χ2n) is 9.38. The van der Waals surface area contributed by atoms with Gasteiger partial charge in [-0.05, 0) is 41.5 Å². The van der Waals surface area contributed by atoms with Gasteiger partial charge in [0.15, 0.2) is 11.2 Å². The van der Waals surface area contributed by atoms with Crippen molar-refractivity contribution in [1.29, 1.82) is 0 Å². The lowest BCUT2D eigenvalue weighted by atomic mass is 10.1. The third-order valence-electron chi connectivity index (χ3n) is 4.24. The molecule has 4 atom stereocenters. The molecule has 0 saturated carbocycles. The summed E-state index contributed by atoms with van der Waals surface area (Å²) < 4.78 is 36.3. The molecular weight excluding hydrogens is 429 g/mol. The molecule has 1 aliphatic heterocycles. The second-order valence-corrected chi connectivity index (χ2v) is 10.8. The Morgan fingerprint density at radius 3 is 2.61 bits per heavy atom. The average Bonchev–Trinajstić information content (AvgIpc) is 3.13. The van der Waals surface area contributed by atoms with E-state index in [1.807, 2.05) is 20.8 Å². The van der Waals surface area contributed by atoms with Gasteiger partial charge in [-0.15, -0.1) is 0 Å². The molecule has 0 amide bonds. The van der Waals surface area contributed by atoms with Gasteiger partial charge in [0.05, 0.1) is 30.2 Å². The number of phosphoric acid groups is 1. The highest BCUT2D eigenvalue weighted by molar-refractivity contribution is 7.47. The molecule has 2 aromatic rings. The molecule has 1 saturated heterocycles. The molecule has 1 fully saturated rings. The van der Waals surface area contributed by atoms with Crippen molar-refractivity contribution in [2.24, 2.45) is 0 Å². The van der Waals surface area contributed by atoms with Crippen LogP contribution in [0.4, 0.5) is 5.95 Å². The lowest BCUT2D eigenvalue weighted by molar-refractivity contribution is -0.106. The molecular formula is C18H30N5O7P. The Hall–Kier alpha value is -1.82. The highest BCUT2D eigenvalue weighted by Gasteiger charge is 2.42. The van der Waals surface area contributed by atoms with Gasteiger partial charge in [0.2, 0.25) is 5.95 Å². The first kappa shape index (κ1) is 23.8. The number of nitrogens with zero attached hydrogens (tertiary/aromatic N) is 3. The van der Waals surface area contributed by atoms with Crippen molar-refractivity contribution >= 4 is 24.9 Å². The van der Waals surface area contributed by atoms with Crippen molar-refractivity contribution in [2.75, 3.05) is 12.3 Å². The van der Waals surface area contributed by atoms with Crippen LogP contribution in [0, 0.1) is 0 Å². The van der Waals surface area contributed by atoms with E-state index >= 15 is 0 Å². The number of ether oxygens (including phenoxy) is 2. The molecule has 4 N–H and O–H groups in total. The van der Waals surface area contributed by atoms with Crippen LogP contribution in [-0.4, -0.2) is 54.4 Å². The summed E-state index contributed by atoms with van der Waals surface area (Å²) in [6, 6.07) is 0. The first-order valence-electron chi connectivity index (χ1n) is 9.87. The van der Waals surface area contributed by atoms with Crippen LogP contribution in [0.15, 0.2) is 11.1 Å². The van der Waals surface area contributed by atoms with E-state index in [2.05, 4.69) is 15.0 Å². The van der Waals surface area contributed by atoms with E-state index in [9.17, 15) is 14.3 Å². The largest absolute Gasteiger partial charge is 0.472 e. The summed E-state index contributed by atoms with van der Waals surface area (Å²) in [4.78, 5) is 32.7. The van der Waals surface area contributed by atoms with Crippen molar-refractivity contribution in [3.8, 4) is 0 Å². The van der Waals surface area contributed by atoms with E-state index < -0.39 is 43.0 Å². The zero-order valence-corrected chi connectivity index (χ0v) is 19.4. The summed E-state index contributed by atoms with van der Waals surface area (Å²) in [7, 11) is -4.31. The highest BCUT2D eigenvalue weighted by atomic mass is 31.2. The smallest absolute Gasteiger partial charge is 0.370 e. The van der Waals surface area contributed by atoms with Gasteiger partial charge in [-0.25, -0.2) is 9.55 Å². The lowest BCUT2D eigenvalue weighted by Gasteiger charge is -2.28. The molecule has 0 radical (unpaired) electrons. The third-order valence-corrected chi connectivity index (χ3v) is 5.49. The maximum Gasteiger partial charge on any atom is 0.472 e. The van der Waals surface area contributed by atoms with Crippen LogP contribution in [0.25, 0.3) is 11.2 Å². The fourth-order valence-corrected chi connectivity index (χ4v) is 4.37. The SMILES string of the molecule is CC(C)(C)O[C@H]1C[C@H](n2cnc3c(=O)[nH]c(N)nc32)OC1COP(=O)(O)OC(C)(C)C. The van der Waals surface area contributed by atoms with E-state index in [1.54, 1.807) is 25.3 Å². The molecule has 2 aromatic heterocycles. The number of hydrogen-bond donors (Lipinski definition) is 3. The maximum atomic E-state index is 12.3. The summed E-state index contributed by atoms with van der Waals surface area (Å²) in [5.74, 6) is -0.0415. The second kappa shape index (κ2) is 8.27. The van der Waals surface area contributed by atoms with Crippen LogP contribution in [-0.2, 0) is 23.1 Å². The Kier molecular flexibility index (Phi) is 6.36. The van der Waals surface area contributed by atoms with Crippen molar-refractivity contribution in [2.45, 2.75) is 77.6 Å². The van der Waals surface area contributed by atoms with Gasteiger partial charge >= 0.3 is 7.82 Å². The first-order valence-corrected chi connectivity index (χ1v) is 11.4. The van der Waals surface area contributed by atoms with E-state index in [4.69, 9.17) is 24.3 Å². The van der Waals surface area contributed by atoms with Crippen LogP contribution in [0.2, 0.25) is 0 Å². The predicted octanol–water partition coefficient (Wildman–Crippen LogP) is 2.11. The molecule has 1 aliphatic rings. The predicted molar refractivity (Wildman–Crippen MR) is 112 cm³/mol.